The first kappa shape index (κ1) is 14.4. The SMILES string of the molecule is CC(C)(C)C(C(=O)O)C(=O)NCCC(N)=O. The Kier molecular flexibility index (Phi) is 4.94. The Hall–Kier alpha value is -1.59. The first-order chi connectivity index (χ1) is 7.16. The Bertz CT molecular complexity index is 294. The molecule has 0 aliphatic carbocycles. The molecule has 0 aromatic heterocycles. The predicted octanol–water partition coefficient (Wildman–Crippen LogP) is -0.275. The third kappa shape index (κ3) is 4.77. The zero-order valence-corrected chi connectivity index (χ0v) is 9.74. The molecule has 1 unspecified atom stereocenters. The molecule has 1 atom stereocenters. The molecular formula is C10H18N2O4. The van der Waals surface area contributed by atoms with Crippen molar-refractivity contribution in [1.82, 2.24) is 5.32 Å². The molecule has 6 nitrogen and oxygen atoms in total. The first-order valence-corrected chi connectivity index (χ1v) is 4.95. The molecular weight excluding hydrogens is 212 g/mol. The first-order valence-electron chi connectivity index (χ1n) is 4.95. The molecule has 92 valence electrons. The van der Waals surface area contributed by atoms with E-state index in [2.05, 4.69) is 5.32 Å². The second kappa shape index (κ2) is 5.48. The molecule has 0 aromatic rings. The molecule has 0 rings (SSSR count). The maximum Gasteiger partial charge on any atom is 0.316 e. The lowest BCUT2D eigenvalue weighted by molar-refractivity contribution is -0.151. The second-order valence-corrected chi connectivity index (χ2v) is 4.64. The van der Waals surface area contributed by atoms with Gasteiger partial charge >= 0.3 is 5.97 Å². The van der Waals surface area contributed by atoms with Gasteiger partial charge in [-0.05, 0) is 5.41 Å². The molecule has 4 N–H and O–H groups in total. The number of carbonyl (C=O) groups excluding carboxylic acids is 2. The van der Waals surface area contributed by atoms with Crippen LogP contribution < -0.4 is 11.1 Å². The molecule has 0 aromatic carbocycles. The third-order valence-electron chi connectivity index (χ3n) is 2.05. The van der Waals surface area contributed by atoms with E-state index in [9.17, 15) is 14.4 Å². The van der Waals surface area contributed by atoms with Crippen LogP contribution in [0, 0.1) is 11.3 Å². The average molecular weight is 230 g/mol. The van der Waals surface area contributed by atoms with Gasteiger partial charge in [-0.1, -0.05) is 20.8 Å². The monoisotopic (exact) mass is 230 g/mol. The van der Waals surface area contributed by atoms with E-state index in [0.717, 1.165) is 0 Å². The summed E-state index contributed by atoms with van der Waals surface area (Å²) in [5, 5.41) is 11.3. The largest absolute Gasteiger partial charge is 0.481 e. The Morgan fingerprint density at radius 1 is 1.31 bits per heavy atom. The van der Waals surface area contributed by atoms with Crippen molar-refractivity contribution in [2.75, 3.05) is 6.54 Å². The lowest BCUT2D eigenvalue weighted by atomic mass is 9.80. The molecule has 0 fully saturated rings. The van der Waals surface area contributed by atoms with E-state index in [1.165, 1.54) is 0 Å². The van der Waals surface area contributed by atoms with E-state index < -0.39 is 29.1 Å². The standard InChI is InChI=1S/C10H18N2O4/c1-10(2,3)7(9(15)16)8(14)12-5-4-6(11)13/h7H,4-5H2,1-3H3,(H2,11,13)(H,12,14)(H,15,16). The number of nitrogens with one attached hydrogen (secondary N) is 1. The molecule has 0 saturated carbocycles. The van der Waals surface area contributed by atoms with Crippen molar-refractivity contribution in [3.8, 4) is 0 Å². The van der Waals surface area contributed by atoms with Gasteiger partial charge in [0.15, 0.2) is 0 Å². The van der Waals surface area contributed by atoms with Crippen LogP contribution in [0.1, 0.15) is 27.2 Å². The van der Waals surface area contributed by atoms with Crippen molar-refractivity contribution in [3.63, 3.8) is 0 Å². The van der Waals surface area contributed by atoms with Crippen LogP contribution in [0.4, 0.5) is 0 Å². The van der Waals surface area contributed by atoms with Gasteiger partial charge in [-0.15, -0.1) is 0 Å². The third-order valence-corrected chi connectivity index (χ3v) is 2.05. The average Bonchev–Trinajstić information content (AvgIpc) is 1.98. The van der Waals surface area contributed by atoms with Gasteiger partial charge in [0, 0.05) is 13.0 Å². The maximum absolute atomic E-state index is 11.6. The Morgan fingerprint density at radius 2 is 1.81 bits per heavy atom. The van der Waals surface area contributed by atoms with E-state index in [1.54, 1.807) is 20.8 Å². The van der Waals surface area contributed by atoms with Crippen molar-refractivity contribution < 1.29 is 19.5 Å². The Morgan fingerprint density at radius 3 is 2.12 bits per heavy atom. The van der Waals surface area contributed by atoms with E-state index in [-0.39, 0.29) is 13.0 Å². The summed E-state index contributed by atoms with van der Waals surface area (Å²) in [5.74, 6) is -3.45. The minimum absolute atomic E-state index is 0.00220. The summed E-state index contributed by atoms with van der Waals surface area (Å²) in [6, 6.07) is 0. The molecule has 0 radical (unpaired) electrons. The summed E-state index contributed by atoms with van der Waals surface area (Å²) < 4.78 is 0. The molecule has 0 aliphatic rings. The van der Waals surface area contributed by atoms with Gasteiger partial charge in [-0.25, -0.2) is 0 Å². The summed E-state index contributed by atoms with van der Waals surface area (Å²) in [4.78, 5) is 32.9. The molecule has 0 heterocycles. The molecule has 0 spiro atoms. The van der Waals surface area contributed by atoms with Crippen LogP contribution in [-0.4, -0.2) is 29.4 Å². The summed E-state index contributed by atoms with van der Waals surface area (Å²) in [6.07, 6.45) is 0.00220. The van der Waals surface area contributed by atoms with Crippen LogP contribution in [0.25, 0.3) is 0 Å². The van der Waals surface area contributed by atoms with Crippen molar-refractivity contribution in [3.05, 3.63) is 0 Å². The fourth-order valence-electron chi connectivity index (χ4n) is 1.29. The van der Waals surface area contributed by atoms with Crippen LogP contribution in [0.15, 0.2) is 0 Å². The number of hydrogen-bond donors (Lipinski definition) is 3. The number of nitrogens with two attached hydrogens (primary N) is 1. The van der Waals surface area contributed by atoms with Crippen LogP contribution in [0.2, 0.25) is 0 Å². The summed E-state index contributed by atoms with van der Waals surface area (Å²) in [7, 11) is 0. The molecule has 6 heteroatoms. The molecule has 2 amide bonds. The number of amides is 2. The highest BCUT2D eigenvalue weighted by Crippen LogP contribution is 2.26. The van der Waals surface area contributed by atoms with Crippen molar-refractivity contribution in [1.29, 1.82) is 0 Å². The number of primary amides is 1. The number of carbonyl (C=O) groups is 3. The number of aliphatic carboxylic acids is 1. The van der Waals surface area contributed by atoms with Crippen LogP contribution >= 0.6 is 0 Å². The second-order valence-electron chi connectivity index (χ2n) is 4.64. The highest BCUT2D eigenvalue weighted by molar-refractivity contribution is 5.97. The van der Waals surface area contributed by atoms with Gasteiger partial charge in [0.05, 0.1) is 0 Å². The van der Waals surface area contributed by atoms with Crippen molar-refractivity contribution in [2.24, 2.45) is 17.1 Å². The smallest absolute Gasteiger partial charge is 0.316 e. The highest BCUT2D eigenvalue weighted by atomic mass is 16.4. The normalized spacial score (nSPS) is 12.9. The molecule has 0 bridgehead atoms. The number of hydrogen-bond acceptors (Lipinski definition) is 3. The van der Waals surface area contributed by atoms with E-state index >= 15 is 0 Å². The number of rotatable bonds is 5. The molecule has 16 heavy (non-hydrogen) atoms. The van der Waals surface area contributed by atoms with Gasteiger partial charge in [0.2, 0.25) is 11.8 Å². The van der Waals surface area contributed by atoms with Gasteiger partial charge < -0.3 is 16.2 Å². The maximum atomic E-state index is 11.6. The number of carboxylic acids is 1. The van der Waals surface area contributed by atoms with Crippen molar-refractivity contribution >= 4 is 17.8 Å². The zero-order chi connectivity index (χ0) is 12.9. The van der Waals surface area contributed by atoms with E-state index in [0.29, 0.717) is 0 Å². The number of carboxylic acid groups (broad SMARTS) is 1. The van der Waals surface area contributed by atoms with Gasteiger partial charge in [0.1, 0.15) is 5.92 Å². The predicted molar refractivity (Wildman–Crippen MR) is 57.4 cm³/mol. The lowest BCUT2D eigenvalue weighted by Gasteiger charge is -2.25. The van der Waals surface area contributed by atoms with Gasteiger partial charge in [0.25, 0.3) is 0 Å². The fraction of sp³-hybridized carbons (Fsp3) is 0.700. The summed E-state index contributed by atoms with van der Waals surface area (Å²) in [5.41, 5.74) is 4.22. The lowest BCUT2D eigenvalue weighted by Crippen LogP contribution is -2.43. The fourth-order valence-corrected chi connectivity index (χ4v) is 1.29. The molecule has 0 aliphatic heterocycles. The van der Waals surface area contributed by atoms with E-state index in [1.807, 2.05) is 0 Å². The highest BCUT2D eigenvalue weighted by Gasteiger charge is 2.37. The Labute approximate surface area is 94.2 Å². The summed E-state index contributed by atoms with van der Waals surface area (Å²) >= 11 is 0. The van der Waals surface area contributed by atoms with Crippen LogP contribution in [0.3, 0.4) is 0 Å². The zero-order valence-electron chi connectivity index (χ0n) is 9.74. The van der Waals surface area contributed by atoms with E-state index in [4.69, 9.17) is 10.8 Å². The van der Waals surface area contributed by atoms with Gasteiger partial charge in [-0.2, -0.15) is 0 Å². The quantitative estimate of drug-likeness (QED) is 0.564. The molecule has 0 saturated heterocycles. The topological polar surface area (TPSA) is 109 Å². The minimum Gasteiger partial charge on any atom is -0.481 e. The minimum atomic E-state index is -1.18. The van der Waals surface area contributed by atoms with Crippen molar-refractivity contribution in [2.45, 2.75) is 27.2 Å². The summed E-state index contributed by atoms with van der Waals surface area (Å²) in [6.45, 7) is 5.06. The Balaban J connectivity index is 4.42. The van der Waals surface area contributed by atoms with Gasteiger partial charge in [-0.3, -0.25) is 14.4 Å². The van der Waals surface area contributed by atoms with Crippen LogP contribution in [-0.2, 0) is 14.4 Å². The van der Waals surface area contributed by atoms with Crippen LogP contribution in [0.5, 0.6) is 0 Å².